The summed E-state index contributed by atoms with van der Waals surface area (Å²) in [6.45, 7) is 0. The zero-order valence-electron chi connectivity index (χ0n) is 10.6. The largest absolute Gasteiger partial charge is 0.322 e. The lowest BCUT2D eigenvalue weighted by atomic mass is 10.0. The van der Waals surface area contributed by atoms with E-state index in [2.05, 4.69) is 9.97 Å². The van der Waals surface area contributed by atoms with Gasteiger partial charge in [-0.25, -0.2) is 13.8 Å². The molecule has 20 heavy (non-hydrogen) atoms. The summed E-state index contributed by atoms with van der Waals surface area (Å²) in [5.41, 5.74) is 6.84. The lowest BCUT2D eigenvalue weighted by molar-refractivity contribution is 0.575. The van der Waals surface area contributed by atoms with Crippen LogP contribution in [0.1, 0.15) is 17.3 Å². The number of hydrogen-bond acceptors (Lipinski definition) is 4. The average Bonchev–Trinajstić information content (AvgIpc) is 2.36. The van der Waals surface area contributed by atoms with Gasteiger partial charge in [0.25, 0.3) is 0 Å². The van der Waals surface area contributed by atoms with Gasteiger partial charge in [-0.1, -0.05) is 11.6 Å². The normalized spacial score (nSPS) is 12.4. The molecule has 0 unspecified atom stereocenters. The minimum Gasteiger partial charge on any atom is -0.322 e. The van der Waals surface area contributed by atoms with Crippen LogP contribution in [-0.2, 0) is 6.42 Å². The molecule has 0 fully saturated rings. The maximum absolute atomic E-state index is 13.1. The van der Waals surface area contributed by atoms with Crippen LogP contribution in [0.4, 0.5) is 8.78 Å². The van der Waals surface area contributed by atoms with Gasteiger partial charge >= 0.3 is 0 Å². The fourth-order valence-corrected chi connectivity index (χ4v) is 2.46. The van der Waals surface area contributed by atoms with Crippen molar-refractivity contribution < 1.29 is 8.78 Å². The van der Waals surface area contributed by atoms with Crippen LogP contribution in [0.25, 0.3) is 0 Å². The Morgan fingerprint density at radius 1 is 1.30 bits per heavy atom. The molecular weight excluding hydrogens is 304 g/mol. The van der Waals surface area contributed by atoms with Crippen molar-refractivity contribution in [3.05, 3.63) is 52.4 Å². The first-order valence-electron chi connectivity index (χ1n) is 5.76. The lowest BCUT2D eigenvalue weighted by Gasteiger charge is -2.13. The van der Waals surface area contributed by atoms with Crippen LogP contribution in [0, 0.1) is 11.6 Å². The van der Waals surface area contributed by atoms with Gasteiger partial charge in [-0.2, -0.15) is 0 Å². The zero-order valence-corrected chi connectivity index (χ0v) is 12.2. The molecule has 0 radical (unpaired) electrons. The smallest absolute Gasteiger partial charge is 0.153 e. The van der Waals surface area contributed by atoms with E-state index in [1.807, 2.05) is 6.26 Å². The van der Waals surface area contributed by atoms with Gasteiger partial charge < -0.3 is 5.73 Å². The maximum atomic E-state index is 13.1. The Balaban J connectivity index is 2.21. The minimum absolute atomic E-state index is 0.209. The van der Waals surface area contributed by atoms with Crippen molar-refractivity contribution in [2.75, 3.05) is 6.26 Å². The lowest BCUT2D eigenvalue weighted by Crippen LogP contribution is -2.16. The van der Waals surface area contributed by atoms with E-state index in [1.54, 1.807) is 6.20 Å². The molecule has 7 heteroatoms. The highest BCUT2D eigenvalue weighted by atomic mass is 35.5. The van der Waals surface area contributed by atoms with Crippen molar-refractivity contribution in [2.45, 2.75) is 17.5 Å². The van der Waals surface area contributed by atoms with E-state index in [-0.39, 0.29) is 11.6 Å². The highest BCUT2D eigenvalue weighted by Gasteiger charge is 2.15. The standard InChI is InChI=1S/C13H12ClF2N3S/c1-20-11-6-18-12(13(14)19-11)10(17)4-7-2-8(15)5-9(16)3-7/h2-3,5-6,10H,4,17H2,1H3/t10-/m0/s1. The quantitative estimate of drug-likeness (QED) is 0.879. The molecule has 3 nitrogen and oxygen atoms in total. The third kappa shape index (κ3) is 3.65. The van der Waals surface area contributed by atoms with Crippen LogP contribution in [0.3, 0.4) is 0 Å². The Morgan fingerprint density at radius 3 is 2.50 bits per heavy atom. The summed E-state index contributed by atoms with van der Waals surface area (Å²) >= 11 is 7.43. The number of nitrogens with two attached hydrogens (primary N) is 1. The summed E-state index contributed by atoms with van der Waals surface area (Å²) in [4.78, 5) is 8.29. The van der Waals surface area contributed by atoms with Crippen LogP contribution in [0.2, 0.25) is 5.15 Å². The van der Waals surface area contributed by atoms with Crippen molar-refractivity contribution in [3.8, 4) is 0 Å². The molecule has 0 spiro atoms. The molecule has 0 saturated heterocycles. The third-order valence-electron chi connectivity index (χ3n) is 2.67. The van der Waals surface area contributed by atoms with E-state index < -0.39 is 17.7 Å². The second kappa shape index (κ2) is 6.47. The fourth-order valence-electron chi connectivity index (χ4n) is 1.79. The predicted molar refractivity (Wildman–Crippen MR) is 75.8 cm³/mol. The number of benzene rings is 1. The van der Waals surface area contributed by atoms with Crippen molar-refractivity contribution in [2.24, 2.45) is 5.73 Å². The zero-order chi connectivity index (χ0) is 14.7. The Kier molecular flexibility index (Phi) is 4.91. The molecule has 106 valence electrons. The molecule has 0 aliphatic carbocycles. The van der Waals surface area contributed by atoms with E-state index >= 15 is 0 Å². The molecule has 2 aromatic rings. The van der Waals surface area contributed by atoms with Gasteiger partial charge in [0.2, 0.25) is 0 Å². The summed E-state index contributed by atoms with van der Waals surface area (Å²) < 4.78 is 26.2. The van der Waals surface area contributed by atoms with Crippen LogP contribution in [0.5, 0.6) is 0 Å². The van der Waals surface area contributed by atoms with Gasteiger partial charge in [-0.15, -0.1) is 11.8 Å². The Labute approximate surface area is 124 Å². The van der Waals surface area contributed by atoms with Crippen molar-refractivity contribution in [3.63, 3.8) is 0 Å². The molecule has 0 amide bonds. The van der Waals surface area contributed by atoms with Gasteiger partial charge in [0.05, 0.1) is 17.9 Å². The molecule has 1 aromatic heterocycles. The van der Waals surface area contributed by atoms with Gasteiger partial charge in [0.15, 0.2) is 5.15 Å². The monoisotopic (exact) mass is 315 g/mol. The molecule has 2 N–H and O–H groups in total. The molecule has 0 bridgehead atoms. The predicted octanol–water partition coefficient (Wildman–Crippen LogP) is 3.37. The summed E-state index contributed by atoms with van der Waals surface area (Å²) in [7, 11) is 0. The number of halogens is 3. The van der Waals surface area contributed by atoms with Crippen LogP contribution >= 0.6 is 23.4 Å². The molecule has 0 aliphatic rings. The SMILES string of the molecule is CSc1cnc([C@@H](N)Cc2cc(F)cc(F)c2)c(Cl)n1. The molecule has 0 aliphatic heterocycles. The van der Waals surface area contributed by atoms with Crippen LogP contribution in [-0.4, -0.2) is 16.2 Å². The highest BCUT2D eigenvalue weighted by Crippen LogP contribution is 2.23. The van der Waals surface area contributed by atoms with Crippen molar-refractivity contribution in [1.29, 1.82) is 0 Å². The maximum Gasteiger partial charge on any atom is 0.153 e. The van der Waals surface area contributed by atoms with Gasteiger partial charge in [-0.05, 0) is 30.4 Å². The fraction of sp³-hybridized carbons (Fsp3) is 0.231. The highest BCUT2D eigenvalue weighted by molar-refractivity contribution is 7.98. The first-order chi connectivity index (χ1) is 9.49. The first kappa shape index (κ1) is 15.2. The van der Waals surface area contributed by atoms with Crippen LogP contribution < -0.4 is 5.73 Å². The summed E-state index contributed by atoms with van der Waals surface area (Å²) in [5.74, 6) is -1.27. The topological polar surface area (TPSA) is 51.8 Å². The molecule has 1 atom stereocenters. The molecular formula is C13H12ClF2N3S. The third-order valence-corrected chi connectivity index (χ3v) is 3.57. The Hall–Kier alpha value is -1.24. The van der Waals surface area contributed by atoms with E-state index in [0.29, 0.717) is 16.3 Å². The second-order valence-corrected chi connectivity index (χ2v) is 5.36. The summed E-state index contributed by atoms with van der Waals surface area (Å²) in [6, 6.07) is 2.71. The van der Waals surface area contributed by atoms with Gasteiger partial charge in [0, 0.05) is 6.07 Å². The van der Waals surface area contributed by atoms with E-state index in [0.717, 1.165) is 6.07 Å². The average molecular weight is 316 g/mol. The number of nitrogens with zero attached hydrogens (tertiary/aromatic N) is 2. The molecule has 0 saturated carbocycles. The number of hydrogen-bond donors (Lipinski definition) is 1. The number of thioether (sulfide) groups is 1. The van der Waals surface area contributed by atoms with E-state index in [9.17, 15) is 8.78 Å². The van der Waals surface area contributed by atoms with E-state index in [1.165, 1.54) is 23.9 Å². The number of rotatable bonds is 4. The Morgan fingerprint density at radius 2 is 1.95 bits per heavy atom. The molecule has 1 aromatic carbocycles. The molecule has 1 heterocycles. The van der Waals surface area contributed by atoms with Crippen molar-refractivity contribution in [1.82, 2.24) is 9.97 Å². The number of aromatic nitrogens is 2. The van der Waals surface area contributed by atoms with Gasteiger partial charge in [0.1, 0.15) is 16.7 Å². The first-order valence-corrected chi connectivity index (χ1v) is 7.37. The van der Waals surface area contributed by atoms with Gasteiger partial charge in [-0.3, -0.25) is 4.98 Å². The summed E-state index contributed by atoms with van der Waals surface area (Å²) in [5, 5.41) is 0.893. The van der Waals surface area contributed by atoms with Crippen molar-refractivity contribution >= 4 is 23.4 Å². The summed E-state index contributed by atoms with van der Waals surface area (Å²) in [6.07, 6.45) is 3.65. The van der Waals surface area contributed by atoms with E-state index in [4.69, 9.17) is 17.3 Å². The second-order valence-electron chi connectivity index (χ2n) is 4.18. The Bertz CT molecular complexity index is 604. The van der Waals surface area contributed by atoms with Crippen LogP contribution in [0.15, 0.2) is 29.4 Å². The molecule has 2 rings (SSSR count). The minimum atomic E-state index is -0.637.